The van der Waals surface area contributed by atoms with Crippen LogP contribution in [-0.2, 0) is 14.4 Å². The lowest BCUT2D eigenvalue weighted by atomic mass is 9.99. The molecule has 0 saturated heterocycles. The van der Waals surface area contributed by atoms with Crippen molar-refractivity contribution in [2.24, 2.45) is 0 Å². The number of aliphatic hydroxyl groups excluding tert-OH is 1. The molecule has 0 fully saturated rings. The summed E-state index contributed by atoms with van der Waals surface area (Å²) >= 11 is 5.68. The monoisotopic (exact) mass is 251 g/mol. The largest absolute Gasteiger partial charge is 0.503 e. The Hall–Kier alpha value is -2.14. The summed E-state index contributed by atoms with van der Waals surface area (Å²) in [7, 11) is 0. The van der Waals surface area contributed by atoms with E-state index in [1.165, 1.54) is 24.3 Å². The van der Waals surface area contributed by atoms with Gasteiger partial charge in [-0.2, -0.15) is 0 Å². The molecule has 6 heteroatoms. The Labute approximate surface area is 101 Å². The van der Waals surface area contributed by atoms with Crippen LogP contribution < -0.4 is 5.32 Å². The quantitative estimate of drug-likeness (QED) is 0.572. The lowest BCUT2D eigenvalue weighted by Crippen LogP contribution is -2.42. The predicted molar refractivity (Wildman–Crippen MR) is 59.2 cm³/mol. The van der Waals surface area contributed by atoms with E-state index in [4.69, 9.17) is 11.6 Å². The van der Waals surface area contributed by atoms with E-state index in [0.29, 0.717) is 10.6 Å². The van der Waals surface area contributed by atoms with Gasteiger partial charge in [0, 0.05) is 5.02 Å². The minimum absolute atomic E-state index is 0.230. The summed E-state index contributed by atoms with van der Waals surface area (Å²) in [6.07, 6.45) is 0. The van der Waals surface area contributed by atoms with Crippen LogP contribution >= 0.6 is 11.6 Å². The molecule has 86 valence electrons. The summed E-state index contributed by atoms with van der Waals surface area (Å²) in [5.41, 5.74) is 0.0801. The second-order valence-electron chi connectivity index (χ2n) is 3.34. The Morgan fingerprint density at radius 3 is 2.18 bits per heavy atom. The molecule has 0 spiro atoms. The smallest absolute Gasteiger partial charge is 0.302 e. The molecule has 1 aliphatic heterocycles. The van der Waals surface area contributed by atoms with Crippen LogP contribution in [0.1, 0.15) is 5.56 Å². The van der Waals surface area contributed by atoms with Gasteiger partial charge in [-0.15, -0.1) is 0 Å². The van der Waals surface area contributed by atoms with Crippen molar-refractivity contribution in [2.45, 2.75) is 0 Å². The van der Waals surface area contributed by atoms with E-state index in [-0.39, 0.29) is 5.57 Å². The van der Waals surface area contributed by atoms with Crippen molar-refractivity contribution in [1.29, 1.82) is 0 Å². The van der Waals surface area contributed by atoms with E-state index in [1.54, 1.807) is 0 Å². The first kappa shape index (κ1) is 11.3. The average molecular weight is 252 g/mol. The molecule has 2 N–H and O–H groups in total. The highest BCUT2D eigenvalue weighted by Gasteiger charge is 2.33. The molecule has 1 heterocycles. The highest BCUT2D eigenvalue weighted by molar-refractivity contribution is 6.52. The van der Waals surface area contributed by atoms with Gasteiger partial charge in [0.1, 0.15) is 0 Å². The van der Waals surface area contributed by atoms with Gasteiger partial charge < -0.3 is 5.11 Å². The predicted octanol–water partition coefficient (Wildman–Crippen LogP) is 0.835. The zero-order chi connectivity index (χ0) is 12.6. The molecule has 0 aromatic heterocycles. The first-order chi connectivity index (χ1) is 8.00. The van der Waals surface area contributed by atoms with E-state index in [9.17, 15) is 19.5 Å². The number of benzene rings is 1. The lowest BCUT2D eigenvalue weighted by molar-refractivity contribution is -0.140. The molecular weight excluding hydrogens is 246 g/mol. The number of Topliss-reactive ketones (excluding diaryl/α,β-unsaturated/α-hetero) is 1. The van der Waals surface area contributed by atoms with Gasteiger partial charge in [0.25, 0.3) is 11.7 Å². The number of rotatable bonds is 1. The first-order valence-corrected chi connectivity index (χ1v) is 4.97. The van der Waals surface area contributed by atoms with Gasteiger partial charge in [-0.25, -0.2) is 0 Å². The molecule has 17 heavy (non-hydrogen) atoms. The fourth-order valence-electron chi connectivity index (χ4n) is 1.44. The van der Waals surface area contributed by atoms with Gasteiger partial charge in [-0.1, -0.05) is 23.7 Å². The number of nitrogens with one attached hydrogen (secondary N) is 1. The van der Waals surface area contributed by atoms with Crippen molar-refractivity contribution in [2.75, 3.05) is 0 Å². The summed E-state index contributed by atoms with van der Waals surface area (Å²) in [5, 5.41) is 11.8. The average Bonchev–Trinajstić information content (AvgIpc) is 2.29. The van der Waals surface area contributed by atoms with Gasteiger partial charge in [-0.3, -0.25) is 19.7 Å². The van der Waals surface area contributed by atoms with Crippen LogP contribution in [0.15, 0.2) is 30.0 Å². The number of hydrogen-bond donors (Lipinski definition) is 2. The lowest BCUT2D eigenvalue weighted by Gasteiger charge is -2.14. The topological polar surface area (TPSA) is 83.5 Å². The summed E-state index contributed by atoms with van der Waals surface area (Å²) in [5.74, 6) is -3.92. The van der Waals surface area contributed by atoms with Gasteiger partial charge >= 0.3 is 5.91 Å². The summed E-state index contributed by atoms with van der Waals surface area (Å²) in [6, 6.07) is 5.95. The molecule has 1 aromatic carbocycles. The molecule has 5 nitrogen and oxygen atoms in total. The Bertz CT molecular complexity index is 559. The van der Waals surface area contributed by atoms with Crippen LogP contribution in [0.4, 0.5) is 0 Å². The molecule has 0 bridgehead atoms. The molecule has 0 atom stereocenters. The number of aliphatic hydroxyl groups is 1. The van der Waals surface area contributed by atoms with Gasteiger partial charge in [-0.05, 0) is 17.7 Å². The minimum atomic E-state index is -1.13. The number of amides is 2. The highest BCUT2D eigenvalue weighted by Crippen LogP contribution is 2.22. The van der Waals surface area contributed by atoms with Crippen molar-refractivity contribution < 1.29 is 19.5 Å². The second kappa shape index (κ2) is 4.03. The van der Waals surface area contributed by atoms with Crippen molar-refractivity contribution in [3.05, 3.63) is 40.6 Å². The number of ketones is 1. The van der Waals surface area contributed by atoms with E-state index in [1.807, 2.05) is 5.32 Å². The molecule has 1 aliphatic rings. The SMILES string of the molecule is O=C1NC(=O)C(c2ccc(Cl)cc2)=C(O)C1=O. The van der Waals surface area contributed by atoms with Gasteiger partial charge in [0.2, 0.25) is 0 Å². The van der Waals surface area contributed by atoms with E-state index < -0.39 is 23.4 Å². The van der Waals surface area contributed by atoms with Crippen molar-refractivity contribution in [3.63, 3.8) is 0 Å². The minimum Gasteiger partial charge on any atom is -0.503 e. The van der Waals surface area contributed by atoms with Crippen molar-refractivity contribution in [1.82, 2.24) is 5.32 Å². The van der Waals surface area contributed by atoms with Gasteiger partial charge in [0.05, 0.1) is 5.57 Å². The molecule has 0 radical (unpaired) electrons. The fraction of sp³-hybridized carbons (Fsp3) is 0. The molecular formula is C11H6ClNO4. The zero-order valence-electron chi connectivity index (χ0n) is 8.36. The van der Waals surface area contributed by atoms with E-state index >= 15 is 0 Å². The third-order valence-corrected chi connectivity index (χ3v) is 2.50. The number of halogens is 1. The standard InChI is InChI=1S/C11H6ClNO4/c12-6-3-1-5(2-4-6)7-8(14)9(15)11(17)13-10(7)16/h1-4,14H,(H,13,16,17). The normalized spacial score (nSPS) is 16.2. The van der Waals surface area contributed by atoms with Crippen LogP contribution in [-0.4, -0.2) is 22.7 Å². The first-order valence-electron chi connectivity index (χ1n) is 4.60. The maximum absolute atomic E-state index is 11.5. The molecule has 0 aliphatic carbocycles. The molecule has 0 saturated carbocycles. The third-order valence-electron chi connectivity index (χ3n) is 2.25. The Balaban J connectivity index is 2.56. The molecule has 2 rings (SSSR count). The maximum atomic E-state index is 11.5. The Morgan fingerprint density at radius 2 is 1.59 bits per heavy atom. The number of carbonyl (C=O) groups is 3. The third kappa shape index (κ3) is 1.92. The number of imide groups is 1. The van der Waals surface area contributed by atoms with Crippen LogP contribution in [0.25, 0.3) is 5.57 Å². The zero-order valence-corrected chi connectivity index (χ0v) is 9.12. The summed E-state index contributed by atoms with van der Waals surface area (Å²) in [4.78, 5) is 33.7. The Morgan fingerprint density at radius 1 is 1.00 bits per heavy atom. The molecule has 0 unspecified atom stereocenters. The second-order valence-corrected chi connectivity index (χ2v) is 3.78. The van der Waals surface area contributed by atoms with Crippen LogP contribution in [0.5, 0.6) is 0 Å². The summed E-state index contributed by atoms with van der Waals surface area (Å²) < 4.78 is 0. The van der Waals surface area contributed by atoms with Crippen molar-refractivity contribution in [3.8, 4) is 0 Å². The maximum Gasteiger partial charge on any atom is 0.302 e. The molecule has 1 aromatic rings. The van der Waals surface area contributed by atoms with Crippen LogP contribution in [0.3, 0.4) is 0 Å². The van der Waals surface area contributed by atoms with Crippen LogP contribution in [0, 0.1) is 0 Å². The summed E-state index contributed by atoms with van der Waals surface area (Å²) in [6.45, 7) is 0. The van der Waals surface area contributed by atoms with Gasteiger partial charge in [0.15, 0.2) is 5.76 Å². The molecule has 2 amide bonds. The van der Waals surface area contributed by atoms with E-state index in [0.717, 1.165) is 0 Å². The van der Waals surface area contributed by atoms with Crippen molar-refractivity contribution >= 4 is 34.8 Å². The fourth-order valence-corrected chi connectivity index (χ4v) is 1.56. The van der Waals surface area contributed by atoms with E-state index in [2.05, 4.69) is 0 Å². The van der Waals surface area contributed by atoms with Crippen LogP contribution in [0.2, 0.25) is 5.02 Å². The highest BCUT2D eigenvalue weighted by atomic mass is 35.5. The Kier molecular flexibility index (Phi) is 2.69. The number of carbonyl (C=O) groups excluding carboxylic acids is 3. The number of hydrogen-bond acceptors (Lipinski definition) is 4.